The number of hydrogen-bond acceptors (Lipinski definition) is 6. The van der Waals surface area contributed by atoms with Crippen LogP contribution in [-0.4, -0.2) is 20.3 Å². The number of carbonyl (C=O) groups excluding carboxylic acids is 1. The van der Waals surface area contributed by atoms with Gasteiger partial charge in [0.25, 0.3) is 11.5 Å². The summed E-state index contributed by atoms with van der Waals surface area (Å²) < 4.78 is 2.68. The molecule has 0 atom stereocenters. The fourth-order valence-corrected chi connectivity index (χ4v) is 5.90. The zero-order valence-corrected chi connectivity index (χ0v) is 20.0. The van der Waals surface area contributed by atoms with Crippen molar-refractivity contribution in [2.24, 2.45) is 0 Å². The lowest BCUT2D eigenvalue weighted by atomic mass is 10.2. The molecule has 0 saturated carbocycles. The van der Waals surface area contributed by atoms with E-state index in [1.807, 2.05) is 49.4 Å². The van der Waals surface area contributed by atoms with E-state index in [0.717, 1.165) is 26.4 Å². The number of thiazole rings is 1. The first-order valence-corrected chi connectivity index (χ1v) is 12.3. The highest BCUT2D eigenvalue weighted by Gasteiger charge is 2.16. The van der Waals surface area contributed by atoms with E-state index < -0.39 is 0 Å². The lowest BCUT2D eigenvalue weighted by Crippen LogP contribution is -2.14. The maximum Gasteiger partial charge on any atom is 0.266 e. The van der Waals surface area contributed by atoms with Gasteiger partial charge in [-0.3, -0.25) is 14.0 Å². The minimum Gasteiger partial charge on any atom is -0.321 e. The lowest BCUT2D eigenvalue weighted by molar-refractivity contribution is 0.103. The molecule has 6 nitrogen and oxygen atoms in total. The first-order chi connectivity index (χ1) is 16.5. The van der Waals surface area contributed by atoms with Crippen molar-refractivity contribution in [3.05, 3.63) is 93.2 Å². The van der Waals surface area contributed by atoms with E-state index in [9.17, 15) is 9.59 Å². The number of amides is 1. The average Bonchev–Trinajstić information content (AvgIpc) is 3.45. The summed E-state index contributed by atoms with van der Waals surface area (Å²) in [7, 11) is 0. The summed E-state index contributed by atoms with van der Waals surface area (Å²) in [6.45, 7) is 3.98. The molecule has 4 aromatic heterocycles. The molecule has 6 rings (SSSR count). The molecule has 6 aromatic rings. The van der Waals surface area contributed by atoms with Gasteiger partial charge in [-0.05, 0) is 73.5 Å². The first-order valence-electron chi connectivity index (χ1n) is 10.7. The molecule has 1 amide bonds. The summed E-state index contributed by atoms with van der Waals surface area (Å²) in [5, 5.41) is 4.31. The van der Waals surface area contributed by atoms with Crippen LogP contribution in [0.5, 0.6) is 0 Å². The van der Waals surface area contributed by atoms with Crippen molar-refractivity contribution in [3.63, 3.8) is 0 Å². The van der Waals surface area contributed by atoms with Crippen molar-refractivity contribution in [1.29, 1.82) is 0 Å². The Bertz CT molecular complexity index is 1800. The lowest BCUT2D eigenvalue weighted by Gasteiger charge is -2.04. The van der Waals surface area contributed by atoms with Gasteiger partial charge in [0.05, 0.1) is 20.5 Å². The number of aromatic nitrogens is 3. The van der Waals surface area contributed by atoms with Crippen LogP contribution in [0.25, 0.3) is 36.7 Å². The maximum absolute atomic E-state index is 12.9. The zero-order chi connectivity index (χ0) is 23.4. The molecule has 0 fully saturated rings. The smallest absolute Gasteiger partial charge is 0.266 e. The van der Waals surface area contributed by atoms with E-state index in [-0.39, 0.29) is 11.5 Å². The van der Waals surface area contributed by atoms with E-state index in [2.05, 4.69) is 29.4 Å². The standard InChI is InChI=1S/C26H18N4O2S2/c1-14-5-10-19-20(12-14)33-24(28-19)16-6-8-17(9-7-16)27-23(31)21-13-18-25(34-21)29-22-15(2)4-3-11-30(22)26(18)32/h3-13H,1-2H3,(H,27,31). The average molecular weight is 483 g/mol. The number of benzene rings is 2. The normalized spacial score (nSPS) is 11.5. The van der Waals surface area contributed by atoms with E-state index in [4.69, 9.17) is 4.98 Å². The fourth-order valence-electron chi connectivity index (χ4n) is 3.91. The molecule has 0 radical (unpaired) electrons. The molecule has 0 bridgehead atoms. The molecule has 0 aliphatic carbocycles. The van der Waals surface area contributed by atoms with Crippen LogP contribution in [-0.2, 0) is 0 Å². The summed E-state index contributed by atoms with van der Waals surface area (Å²) >= 11 is 2.87. The number of nitrogens with one attached hydrogen (secondary N) is 1. The highest BCUT2D eigenvalue weighted by Crippen LogP contribution is 2.31. The quantitative estimate of drug-likeness (QED) is 0.333. The third-order valence-electron chi connectivity index (χ3n) is 5.69. The molecule has 34 heavy (non-hydrogen) atoms. The Hall–Kier alpha value is -3.88. The number of nitrogens with zero attached hydrogens (tertiary/aromatic N) is 3. The second kappa shape index (κ2) is 7.86. The van der Waals surface area contributed by atoms with E-state index in [1.165, 1.54) is 21.3 Å². The van der Waals surface area contributed by atoms with Gasteiger partial charge in [-0.2, -0.15) is 0 Å². The van der Waals surface area contributed by atoms with Gasteiger partial charge in [0.15, 0.2) is 0 Å². The van der Waals surface area contributed by atoms with Crippen LogP contribution < -0.4 is 10.9 Å². The second-order valence-electron chi connectivity index (χ2n) is 8.15. The van der Waals surface area contributed by atoms with Gasteiger partial charge in [-0.15, -0.1) is 22.7 Å². The Labute approximate surface area is 202 Å². The Balaban J connectivity index is 1.28. The number of thiophene rings is 1. The monoisotopic (exact) mass is 482 g/mol. The van der Waals surface area contributed by atoms with Crippen LogP contribution in [0.3, 0.4) is 0 Å². The molecule has 0 aliphatic rings. The molecule has 0 saturated heterocycles. The number of anilines is 1. The maximum atomic E-state index is 12.9. The molecule has 1 N–H and O–H groups in total. The van der Waals surface area contributed by atoms with Gasteiger partial charge in [-0.1, -0.05) is 12.1 Å². The largest absolute Gasteiger partial charge is 0.321 e. The highest BCUT2D eigenvalue weighted by molar-refractivity contribution is 7.21. The van der Waals surface area contributed by atoms with E-state index >= 15 is 0 Å². The van der Waals surface area contributed by atoms with Crippen molar-refractivity contribution in [2.45, 2.75) is 13.8 Å². The van der Waals surface area contributed by atoms with Crippen molar-refractivity contribution in [1.82, 2.24) is 14.4 Å². The third-order valence-corrected chi connectivity index (χ3v) is 7.78. The Morgan fingerprint density at radius 3 is 2.62 bits per heavy atom. The van der Waals surface area contributed by atoms with Crippen molar-refractivity contribution < 1.29 is 4.79 Å². The van der Waals surface area contributed by atoms with Crippen molar-refractivity contribution >= 4 is 60.3 Å². The number of pyridine rings is 1. The number of aryl methyl sites for hydroxylation is 2. The predicted molar refractivity (Wildman–Crippen MR) is 139 cm³/mol. The van der Waals surface area contributed by atoms with Crippen LogP contribution in [0.1, 0.15) is 20.8 Å². The summed E-state index contributed by atoms with van der Waals surface area (Å²) in [6, 6.07) is 19.2. The van der Waals surface area contributed by atoms with Crippen LogP contribution in [0.2, 0.25) is 0 Å². The van der Waals surface area contributed by atoms with Crippen LogP contribution >= 0.6 is 22.7 Å². The van der Waals surface area contributed by atoms with Gasteiger partial charge in [-0.25, -0.2) is 9.97 Å². The van der Waals surface area contributed by atoms with Crippen LogP contribution in [0, 0.1) is 13.8 Å². The molecule has 166 valence electrons. The number of rotatable bonds is 3. The highest BCUT2D eigenvalue weighted by atomic mass is 32.1. The summed E-state index contributed by atoms with van der Waals surface area (Å²) in [5.74, 6) is -0.267. The minimum atomic E-state index is -0.267. The Morgan fingerprint density at radius 1 is 0.971 bits per heavy atom. The van der Waals surface area contributed by atoms with Gasteiger partial charge < -0.3 is 5.32 Å². The first kappa shape index (κ1) is 20.7. The molecule has 4 heterocycles. The zero-order valence-electron chi connectivity index (χ0n) is 18.3. The van der Waals surface area contributed by atoms with E-state index in [1.54, 1.807) is 23.6 Å². The van der Waals surface area contributed by atoms with E-state index in [0.29, 0.717) is 26.4 Å². The fraction of sp³-hybridized carbons (Fsp3) is 0.0769. The molecule has 0 aliphatic heterocycles. The summed E-state index contributed by atoms with van der Waals surface area (Å²) in [5.41, 5.74) is 5.21. The van der Waals surface area contributed by atoms with Gasteiger partial charge in [0, 0.05) is 17.4 Å². The summed E-state index contributed by atoms with van der Waals surface area (Å²) in [4.78, 5) is 36.1. The molecule has 0 unspecified atom stereocenters. The molecular weight excluding hydrogens is 464 g/mol. The minimum absolute atomic E-state index is 0.172. The van der Waals surface area contributed by atoms with Gasteiger partial charge in [0.2, 0.25) is 0 Å². The number of hydrogen-bond donors (Lipinski definition) is 1. The number of carbonyl (C=O) groups is 1. The number of fused-ring (bicyclic) bond motifs is 3. The topological polar surface area (TPSA) is 76.4 Å². The third kappa shape index (κ3) is 3.48. The van der Waals surface area contributed by atoms with Crippen molar-refractivity contribution in [2.75, 3.05) is 5.32 Å². The van der Waals surface area contributed by atoms with Crippen LogP contribution in [0.15, 0.2) is 71.7 Å². The van der Waals surface area contributed by atoms with Gasteiger partial charge >= 0.3 is 0 Å². The predicted octanol–water partition coefficient (Wildman–Crippen LogP) is 6.06. The molecular formula is C26H18N4O2S2. The molecule has 0 spiro atoms. The summed E-state index contributed by atoms with van der Waals surface area (Å²) in [6.07, 6.45) is 1.70. The van der Waals surface area contributed by atoms with Crippen molar-refractivity contribution in [3.8, 4) is 10.6 Å². The Kier molecular flexibility index (Phi) is 4.79. The van der Waals surface area contributed by atoms with Gasteiger partial charge in [0.1, 0.15) is 15.5 Å². The molecule has 8 heteroatoms. The van der Waals surface area contributed by atoms with Crippen LogP contribution in [0.4, 0.5) is 5.69 Å². The Morgan fingerprint density at radius 2 is 1.79 bits per heavy atom. The second-order valence-corrected chi connectivity index (χ2v) is 10.2. The SMILES string of the molecule is Cc1ccc2nc(-c3ccc(NC(=O)c4cc5c(=O)n6cccc(C)c6nc5s4)cc3)sc2c1. The molecule has 2 aromatic carbocycles.